The molecule has 1 N–H and O–H groups in total. The van der Waals surface area contributed by atoms with Crippen molar-refractivity contribution >= 4 is 0 Å². The molecule has 2 heterocycles. The van der Waals surface area contributed by atoms with Crippen LogP contribution in [0.1, 0.15) is 50.6 Å². The van der Waals surface area contributed by atoms with Gasteiger partial charge in [0.2, 0.25) is 0 Å². The Hall–Kier alpha value is -0.860. The summed E-state index contributed by atoms with van der Waals surface area (Å²) in [7, 11) is 0. The monoisotopic (exact) mass is 245 g/mol. The van der Waals surface area contributed by atoms with Gasteiger partial charge in [-0.3, -0.25) is 4.90 Å². The Kier molecular flexibility index (Phi) is 3.40. The minimum Gasteiger partial charge on any atom is -0.391 e. The van der Waals surface area contributed by atoms with Gasteiger partial charge in [-0.05, 0) is 38.2 Å². The third-order valence-corrected chi connectivity index (χ3v) is 4.81. The van der Waals surface area contributed by atoms with Gasteiger partial charge in [-0.25, -0.2) is 0 Å². The Labute approximate surface area is 110 Å². The molecule has 98 valence electrons. The maximum absolute atomic E-state index is 10.2. The molecule has 2 aliphatic rings. The normalized spacial score (nSPS) is 34.2. The molecule has 1 aromatic rings. The summed E-state index contributed by atoms with van der Waals surface area (Å²) < 4.78 is 0. The van der Waals surface area contributed by atoms with E-state index in [4.69, 9.17) is 0 Å². The Morgan fingerprint density at radius 2 is 1.89 bits per heavy atom. The summed E-state index contributed by atoms with van der Waals surface area (Å²) in [6.45, 7) is 2.29. The zero-order valence-electron chi connectivity index (χ0n) is 11.1. The fourth-order valence-corrected chi connectivity index (χ4v) is 3.88. The van der Waals surface area contributed by atoms with Crippen molar-refractivity contribution < 1.29 is 5.11 Å². The summed E-state index contributed by atoms with van der Waals surface area (Å²) in [6, 6.07) is 12.2. The van der Waals surface area contributed by atoms with E-state index in [0.29, 0.717) is 18.1 Å². The maximum atomic E-state index is 10.2. The Balaban J connectivity index is 1.86. The molecule has 0 radical (unpaired) electrons. The number of aliphatic hydroxyl groups is 1. The number of nitrogens with zero attached hydrogens (tertiary/aromatic N) is 1. The first-order valence-electron chi connectivity index (χ1n) is 7.28. The van der Waals surface area contributed by atoms with E-state index in [1.165, 1.54) is 18.4 Å². The summed E-state index contributed by atoms with van der Waals surface area (Å²) >= 11 is 0. The number of hydrogen-bond acceptors (Lipinski definition) is 2. The molecule has 2 aliphatic heterocycles. The topological polar surface area (TPSA) is 23.5 Å². The minimum absolute atomic E-state index is 0.118. The van der Waals surface area contributed by atoms with Gasteiger partial charge >= 0.3 is 0 Å². The van der Waals surface area contributed by atoms with E-state index in [1.807, 2.05) is 0 Å². The molecule has 1 aromatic carbocycles. The standard InChI is InChI=1S/C16H23NO/c1-12(13-6-3-2-4-7-13)17-14-8-5-9-15(17)16(18)11-10-14/h2-4,6-7,12,14-16,18H,5,8-11H2,1H3/t12-,14?,15?,16?/m1/s1. The van der Waals surface area contributed by atoms with Crippen LogP contribution >= 0.6 is 0 Å². The third-order valence-electron chi connectivity index (χ3n) is 4.81. The lowest BCUT2D eigenvalue weighted by Gasteiger charge is -2.51. The lowest BCUT2D eigenvalue weighted by atomic mass is 9.81. The highest BCUT2D eigenvalue weighted by molar-refractivity contribution is 5.19. The summed E-state index contributed by atoms with van der Waals surface area (Å²) in [4.78, 5) is 2.59. The first kappa shape index (κ1) is 12.2. The average Bonchev–Trinajstić information content (AvgIpc) is 2.43. The Bertz CT molecular complexity index is 391. The second kappa shape index (κ2) is 5.02. The fraction of sp³-hybridized carbons (Fsp3) is 0.625. The largest absolute Gasteiger partial charge is 0.391 e. The van der Waals surface area contributed by atoms with Crippen molar-refractivity contribution in [3.05, 3.63) is 35.9 Å². The lowest BCUT2D eigenvalue weighted by Crippen LogP contribution is -2.56. The van der Waals surface area contributed by atoms with Gasteiger partial charge in [-0.1, -0.05) is 36.8 Å². The average molecular weight is 245 g/mol. The lowest BCUT2D eigenvalue weighted by molar-refractivity contribution is -0.0685. The fourth-order valence-electron chi connectivity index (χ4n) is 3.88. The molecule has 18 heavy (non-hydrogen) atoms. The van der Waals surface area contributed by atoms with Gasteiger partial charge in [0.15, 0.2) is 0 Å². The van der Waals surface area contributed by atoms with Crippen LogP contribution in [-0.4, -0.2) is 28.2 Å². The van der Waals surface area contributed by atoms with E-state index in [2.05, 4.69) is 42.2 Å². The van der Waals surface area contributed by atoms with Gasteiger partial charge in [0.1, 0.15) is 0 Å². The second-order valence-corrected chi connectivity index (χ2v) is 5.83. The van der Waals surface area contributed by atoms with Crippen molar-refractivity contribution in [2.45, 2.75) is 63.3 Å². The summed E-state index contributed by atoms with van der Waals surface area (Å²) in [5.74, 6) is 0. The smallest absolute Gasteiger partial charge is 0.0696 e. The van der Waals surface area contributed by atoms with Crippen LogP contribution in [-0.2, 0) is 0 Å². The predicted octanol–water partition coefficient (Wildman–Crippen LogP) is 3.13. The van der Waals surface area contributed by atoms with Crippen LogP contribution in [0.25, 0.3) is 0 Å². The molecule has 2 bridgehead atoms. The molecule has 2 heteroatoms. The first-order valence-corrected chi connectivity index (χ1v) is 7.28. The first-order chi connectivity index (χ1) is 8.77. The van der Waals surface area contributed by atoms with Crippen molar-refractivity contribution in [1.82, 2.24) is 4.90 Å². The molecule has 0 spiro atoms. The SMILES string of the molecule is C[C@H](c1ccccc1)N1C2CCCC1C(O)CC2. The number of fused-ring (bicyclic) bond motifs is 2. The van der Waals surface area contributed by atoms with Crippen LogP contribution < -0.4 is 0 Å². The highest BCUT2D eigenvalue weighted by atomic mass is 16.3. The van der Waals surface area contributed by atoms with Crippen molar-refractivity contribution in [2.75, 3.05) is 0 Å². The molecule has 0 saturated carbocycles. The molecule has 0 amide bonds. The van der Waals surface area contributed by atoms with Gasteiger partial charge < -0.3 is 5.11 Å². The molecule has 0 aliphatic carbocycles. The number of aliphatic hydroxyl groups excluding tert-OH is 1. The summed E-state index contributed by atoms with van der Waals surface area (Å²) in [5, 5.41) is 10.2. The second-order valence-electron chi connectivity index (χ2n) is 5.83. The molecule has 2 fully saturated rings. The molecular weight excluding hydrogens is 222 g/mol. The van der Waals surface area contributed by atoms with E-state index in [1.54, 1.807) is 0 Å². The molecule has 4 atom stereocenters. The maximum Gasteiger partial charge on any atom is 0.0696 e. The number of piperidine rings is 2. The summed E-state index contributed by atoms with van der Waals surface area (Å²) in [6.07, 6.45) is 5.79. The van der Waals surface area contributed by atoms with Gasteiger partial charge in [-0.2, -0.15) is 0 Å². The van der Waals surface area contributed by atoms with E-state index in [9.17, 15) is 5.11 Å². The molecule has 3 rings (SSSR count). The van der Waals surface area contributed by atoms with Crippen LogP contribution in [0.3, 0.4) is 0 Å². The predicted molar refractivity (Wildman–Crippen MR) is 73.4 cm³/mol. The molecular formula is C16H23NO. The van der Waals surface area contributed by atoms with Crippen LogP contribution in [0.15, 0.2) is 30.3 Å². The van der Waals surface area contributed by atoms with Crippen LogP contribution in [0.2, 0.25) is 0 Å². The van der Waals surface area contributed by atoms with Crippen LogP contribution in [0, 0.1) is 0 Å². The molecule has 2 saturated heterocycles. The van der Waals surface area contributed by atoms with E-state index in [-0.39, 0.29) is 6.10 Å². The summed E-state index contributed by atoms with van der Waals surface area (Å²) in [5.41, 5.74) is 1.38. The van der Waals surface area contributed by atoms with E-state index < -0.39 is 0 Å². The molecule has 2 nitrogen and oxygen atoms in total. The quantitative estimate of drug-likeness (QED) is 0.865. The van der Waals surface area contributed by atoms with Crippen molar-refractivity contribution in [3.8, 4) is 0 Å². The van der Waals surface area contributed by atoms with Gasteiger partial charge in [0.25, 0.3) is 0 Å². The zero-order chi connectivity index (χ0) is 12.5. The number of hydrogen-bond donors (Lipinski definition) is 1. The van der Waals surface area contributed by atoms with E-state index in [0.717, 1.165) is 19.3 Å². The third kappa shape index (κ3) is 2.08. The Morgan fingerprint density at radius 3 is 2.67 bits per heavy atom. The van der Waals surface area contributed by atoms with Gasteiger partial charge in [0, 0.05) is 18.1 Å². The number of rotatable bonds is 2. The zero-order valence-corrected chi connectivity index (χ0v) is 11.1. The van der Waals surface area contributed by atoms with Crippen LogP contribution in [0.5, 0.6) is 0 Å². The van der Waals surface area contributed by atoms with E-state index >= 15 is 0 Å². The van der Waals surface area contributed by atoms with Gasteiger partial charge in [-0.15, -0.1) is 0 Å². The molecule has 0 aromatic heterocycles. The highest BCUT2D eigenvalue weighted by Crippen LogP contribution is 2.39. The number of benzene rings is 1. The highest BCUT2D eigenvalue weighted by Gasteiger charge is 2.41. The van der Waals surface area contributed by atoms with Crippen molar-refractivity contribution in [1.29, 1.82) is 0 Å². The Morgan fingerprint density at radius 1 is 1.11 bits per heavy atom. The molecule has 3 unspecified atom stereocenters. The van der Waals surface area contributed by atoms with Crippen molar-refractivity contribution in [3.63, 3.8) is 0 Å². The van der Waals surface area contributed by atoms with Gasteiger partial charge in [0.05, 0.1) is 6.10 Å². The van der Waals surface area contributed by atoms with Crippen molar-refractivity contribution in [2.24, 2.45) is 0 Å². The minimum atomic E-state index is -0.118. The van der Waals surface area contributed by atoms with Crippen LogP contribution in [0.4, 0.5) is 0 Å².